The average Bonchev–Trinajstić information content (AvgIpc) is 2.48. The lowest BCUT2D eigenvalue weighted by Crippen LogP contribution is -2.04. The molecule has 0 aromatic heterocycles. The van der Waals surface area contributed by atoms with Gasteiger partial charge in [-0.2, -0.15) is 5.26 Å². The monoisotopic (exact) mass is 267 g/mol. The quantitative estimate of drug-likeness (QED) is 0.835. The van der Waals surface area contributed by atoms with Crippen molar-refractivity contribution in [3.8, 4) is 11.8 Å². The number of methoxy groups -OCH3 is 1. The van der Waals surface area contributed by atoms with Crippen LogP contribution in [0.1, 0.15) is 16.7 Å². The second kappa shape index (κ2) is 5.98. The summed E-state index contributed by atoms with van der Waals surface area (Å²) >= 11 is 0. The molecule has 102 valence electrons. The van der Waals surface area contributed by atoms with E-state index in [1.807, 2.05) is 31.2 Å². The zero-order valence-corrected chi connectivity index (χ0v) is 11.6. The van der Waals surface area contributed by atoms with Gasteiger partial charge < -0.3 is 15.8 Å². The highest BCUT2D eigenvalue weighted by Gasteiger charge is 2.06. The molecule has 0 saturated carbocycles. The topological polar surface area (TPSA) is 71.1 Å². The summed E-state index contributed by atoms with van der Waals surface area (Å²) in [4.78, 5) is 0. The number of ether oxygens (including phenoxy) is 1. The van der Waals surface area contributed by atoms with Gasteiger partial charge in [0.15, 0.2) is 0 Å². The van der Waals surface area contributed by atoms with E-state index in [-0.39, 0.29) is 0 Å². The van der Waals surface area contributed by atoms with Crippen LogP contribution in [0.25, 0.3) is 0 Å². The Labute approximate surface area is 118 Å². The number of nitrogen functional groups attached to an aromatic ring is 1. The van der Waals surface area contributed by atoms with Crippen molar-refractivity contribution in [2.24, 2.45) is 0 Å². The van der Waals surface area contributed by atoms with Crippen molar-refractivity contribution >= 4 is 11.4 Å². The van der Waals surface area contributed by atoms with Crippen molar-refractivity contribution in [3.05, 3.63) is 53.1 Å². The third-order valence-electron chi connectivity index (χ3n) is 3.30. The van der Waals surface area contributed by atoms with Gasteiger partial charge in [0, 0.05) is 18.3 Å². The summed E-state index contributed by atoms with van der Waals surface area (Å²) in [6.45, 7) is 2.60. The van der Waals surface area contributed by atoms with E-state index < -0.39 is 0 Å². The minimum atomic E-state index is 0.590. The molecule has 3 N–H and O–H groups in total. The van der Waals surface area contributed by atoms with Crippen molar-refractivity contribution < 1.29 is 4.74 Å². The Hall–Kier alpha value is -2.67. The summed E-state index contributed by atoms with van der Waals surface area (Å²) in [7, 11) is 1.60. The summed E-state index contributed by atoms with van der Waals surface area (Å²) in [5.74, 6) is 0.718. The maximum absolute atomic E-state index is 9.13. The van der Waals surface area contributed by atoms with Crippen LogP contribution in [0.4, 0.5) is 11.4 Å². The number of hydrogen-bond donors (Lipinski definition) is 2. The molecule has 0 amide bonds. The Balaban J connectivity index is 2.22. The fourth-order valence-corrected chi connectivity index (χ4v) is 1.98. The zero-order valence-electron chi connectivity index (χ0n) is 11.6. The Bertz CT molecular complexity index is 659. The van der Waals surface area contributed by atoms with Crippen LogP contribution in [0.5, 0.6) is 5.75 Å². The molecule has 0 unspecified atom stereocenters. The van der Waals surface area contributed by atoms with Crippen molar-refractivity contribution in [2.45, 2.75) is 13.5 Å². The fraction of sp³-hybridized carbons (Fsp3) is 0.188. The Kier molecular flexibility index (Phi) is 4.11. The lowest BCUT2D eigenvalue weighted by molar-refractivity contribution is 0.415. The van der Waals surface area contributed by atoms with E-state index in [1.54, 1.807) is 19.2 Å². The summed E-state index contributed by atoms with van der Waals surface area (Å²) in [6, 6.07) is 13.3. The maximum Gasteiger partial charge on any atom is 0.121 e. The number of anilines is 2. The number of nitriles is 1. The molecule has 0 aliphatic heterocycles. The molecule has 2 rings (SSSR count). The molecule has 4 nitrogen and oxygen atoms in total. The predicted octanol–water partition coefficient (Wildman–Crippen LogP) is 3.07. The molecule has 0 saturated heterocycles. The molecule has 0 heterocycles. The molecule has 2 aromatic rings. The van der Waals surface area contributed by atoms with Gasteiger partial charge in [-0.25, -0.2) is 0 Å². The summed E-state index contributed by atoms with van der Waals surface area (Å²) in [5.41, 5.74) is 10.2. The highest BCUT2D eigenvalue weighted by atomic mass is 16.5. The molecule has 0 aliphatic carbocycles. The SMILES string of the molecule is COc1ccc(C#N)c(NCc2cccc(N)c2C)c1. The third kappa shape index (κ3) is 2.83. The van der Waals surface area contributed by atoms with Gasteiger partial charge in [0.25, 0.3) is 0 Å². The standard InChI is InChI=1S/C16H17N3O/c1-11-13(4-3-5-15(11)18)10-19-16-8-14(20-2)7-6-12(16)9-17/h3-8,19H,10,18H2,1-2H3. The lowest BCUT2D eigenvalue weighted by atomic mass is 10.1. The first-order valence-corrected chi connectivity index (χ1v) is 6.31. The van der Waals surface area contributed by atoms with E-state index in [0.29, 0.717) is 12.1 Å². The van der Waals surface area contributed by atoms with Crippen LogP contribution >= 0.6 is 0 Å². The number of nitrogens with two attached hydrogens (primary N) is 1. The number of hydrogen-bond acceptors (Lipinski definition) is 4. The molecule has 0 atom stereocenters. The number of nitrogens with one attached hydrogen (secondary N) is 1. The van der Waals surface area contributed by atoms with Gasteiger partial charge in [-0.1, -0.05) is 12.1 Å². The third-order valence-corrected chi connectivity index (χ3v) is 3.30. The summed E-state index contributed by atoms with van der Waals surface area (Å²) < 4.78 is 5.18. The van der Waals surface area contributed by atoms with Crippen LogP contribution in [0, 0.1) is 18.3 Å². The highest BCUT2D eigenvalue weighted by molar-refractivity contribution is 5.61. The van der Waals surface area contributed by atoms with Crippen LogP contribution in [-0.4, -0.2) is 7.11 Å². The molecular weight excluding hydrogens is 250 g/mol. The van der Waals surface area contributed by atoms with E-state index in [0.717, 1.165) is 28.3 Å². The van der Waals surface area contributed by atoms with E-state index in [4.69, 9.17) is 15.7 Å². The van der Waals surface area contributed by atoms with E-state index >= 15 is 0 Å². The van der Waals surface area contributed by atoms with Crippen LogP contribution in [-0.2, 0) is 6.54 Å². The summed E-state index contributed by atoms with van der Waals surface area (Å²) in [6.07, 6.45) is 0. The molecule has 0 radical (unpaired) electrons. The molecule has 0 aliphatic rings. The van der Waals surface area contributed by atoms with Crippen molar-refractivity contribution in [1.82, 2.24) is 0 Å². The maximum atomic E-state index is 9.13. The first kappa shape index (κ1) is 13.8. The smallest absolute Gasteiger partial charge is 0.121 e. The van der Waals surface area contributed by atoms with Crippen molar-refractivity contribution in [1.29, 1.82) is 5.26 Å². The average molecular weight is 267 g/mol. The van der Waals surface area contributed by atoms with Gasteiger partial charge in [0.05, 0.1) is 18.4 Å². The minimum absolute atomic E-state index is 0.590. The van der Waals surface area contributed by atoms with E-state index in [2.05, 4.69) is 11.4 Å². The van der Waals surface area contributed by atoms with Crippen LogP contribution < -0.4 is 15.8 Å². The fourth-order valence-electron chi connectivity index (χ4n) is 1.98. The molecular formula is C16H17N3O. The Morgan fingerprint density at radius 3 is 2.80 bits per heavy atom. The Morgan fingerprint density at radius 2 is 2.10 bits per heavy atom. The molecule has 0 spiro atoms. The van der Waals surface area contributed by atoms with Gasteiger partial charge in [-0.3, -0.25) is 0 Å². The highest BCUT2D eigenvalue weighted by Crippen LogP contribution is 2.23. The van der Waals surface area contributed by atoms with E-state index in [1.165, 1.54) is 0 Å². The first-order valence-electron chi connectivity index (χ1n) is 6.31. The molecule has 0 bridgehead atoms. The molecule has 2 aromatic carbocycles. The van der Waals surface area contributed by atoms with Crippen LogP contribution in [0.2, 0.25) is 0 Å². The number of rotatable bonds is 4. The zero-order chi connectivity index (χ0) is 14.5. The normalized spacial score (nSPS) is 9.85. The molecule has 20 heavy (non-hydrogen) atoms. The predicted molar refractivity (Wildman–Crippen MR) is 80.6 cm³/mol. The summed E-state index contributed by atoms with van der Waals surface area (Å²) in [5, 5.41) is 12.4. The second-order valence-electron chi connectivity index (χ2n) is 4.51. The minimum Gasteiger partial charge on any atom is -0.497 e. The van der Waals surface area contributed by atoms with Gasteiger partial charge >= 0.3 is 0 Å². The van der Waals surface area contributed by atoms with Crippen LogP contribution in [0.3, 0.4) is 0 Å². The van der Waals surface area contributed by atoms with Gasteiger partial charge in [-0.05, 0) is 36.2 Å². The van der Waals surface area contributed by atoms with Gasteiger partial charge in [0.1, 0.15) is 11.8 Å². The second-order valence-corrected chi connectivity index (χ2v) is 4.51. The number of nitrogens with zero attached hydrogens (tertiary/aromatic N) is 1. The Morgan fingerprint density at radius 1 is 1.30 bits per heavy atom. The number of benzene rings is 2. The lowest BCUT2D eigenvalue weighted by Gasteiger charge is -2.12. The van der Waals surface area contributed by atoms with Gasteiger partial charge in [0.2, 0.25) is 0 Å². The van der Waals surface area contributed by atoms with Crippen LogP contribution in [0.15, 0.2) is 36.4 Å². The van der Waals surface area contributed by atoms with Gasteiger partial charge in [-0.15, -0.1) is 0 Å². The van der Waals surface area contributed by atoms with Crippen molar-refractivity contribution in [3.63, 3.8) is 0 Å². The largest absolute Gasteiger partial charge is 0.497 e. The first-order chi connectivity index (χ1) is 9.65. The molecule has 4 heteroatoms. The molecule has 0 fully saturated rings. The van der Waals surface area contributed by atoms with E-state index in [9.17, 15) is 0 Å². The van der Waals surface area contributed by atoms with Crippen molar-refractivity contribution in [2.75, 3.05) is 18.2 Å².